The molecule has 0 amide bonds. The van der Waals surface area contributed by atoms with Crippen LogP contribution >= 0.6 is 0 Å². The molecule has 0 aromatic carbocycles. The van der Waals surface area contributed by atoms with Crippen molar-refractivity contribution < 1.29 is 64.2 Å². The lowest BCUT2D eigenvalue weighted by molar-refractivity contribution is -0.347. The van der Waals surface area contributed by atoms with Gasteiger partial charge in [0.05, 0.1) is 26.0 Å². The van der Waals surface area contributed by atoms with Gasteiger partial charge in [0.2, 0.25) is 0 Å². The van der Waals surface area contributed by atoms with Gasteiger partial charge in [-0.2, -0.15) is 0 Å². The predicted octanol–water partition coefficient (Wildman–Crippen LogP) is 1.48. The number of allylic oxidation sites excluding steroid dienone is 1. The van der Waals surface area contributed by atoms with Gasteiger partial charge in [0, 0.05) is 6.04 Å². The number of esters is 1. The van der Waals surface area contributed by atoms with Crippen molar-refractivity contribution in [3.63, 3.8) is 0 Å². The third-order valence-corrected chi connectivity index (χ3v) is 16.2. The third kappa shape index (κ3) is 9.37. The van der Waals surface area contributed by atoms with E-state index in [0.717, 1.165) is 48.6 Å². The van der Waals surface area contributed by atoms with Crippen molar-refractivity contribution in [2.24, 2.45) is 52.1 Å². The molecule has 9 N–H and O–H groups in total. The summed E-state index contributed by atoms with van der Waals surface area (Å²) in [6.07, 6.45) is 3.06. The minimum atomic E-state index is -1.77. The van der Waals surface area contributed by atoms with Crippen LogP contribution in [0.15, 0.2) is 18.3 Å². The second kappa shape index (κ2) is 19.5. The Morgan fingerprint density at radius 2 is 1.66 bits per heavy atom. The average Bonchev–Trinajstić information content (AvgIpc) is 3.86. The first-order valence-corrected chi connectivity index (χ1v) is 22.8. The molecule has 6 aliphatic rings. The highest BCUT2D eigenvalue weighted by molar-refractivity contribution is 5.70. The normalized spacial score (nSPS) is 44.9. The number of nitrogens with zero attached hydrogens (tertiary/aromatic N) is 3. The smallest absolute Gasteiger partial charge is 0.332 e. The largest absolute Gasteiger partial charge is 0.461 e. The lowest BCUT2D eigenvalue weighted by Gasteiger charge is -2.61. The Kier molecular flexibility index (Phi) is 15.0. The maximum absolute atomic E-state index is 13.0. The summed E-state index contributed by atoms with van der Waals surface area (Å²) >= 11 is 0. The van der Waals surface area contributed by atoms with E-state index >= 15 is 0 Å². The zero-order valence-corrected chi connectivity index (χ0v) is 36.2. The highest BCUT2D eigenvalue weighted by Gasteiger charge is 2.61. The molecule has 20 atom stereocenters. The van der Waals surface area contributed by atoms with E-state index in [1.807, 2.05) is 0 Å². The van der Waals surface area contributed by atoms with Crippen LogP contribution in [0.5, 0.6) is 0 Å². The number of aliphatic hydroxyl groups is 7. The van der Waals surface area contributed by atoms with E-state index in [1.165, 1.54) is 44.7 Å². The van der Waals surface area contributed by atoms with Gasteiger partial charge in [-0.3, -0.25) is 0 Å². The minimum absolute atomic E-state index is 0.0937. The molecule has 1 aromatic heterocycles. The summed E-state index contributed by atoms with van der Waals surface area (Å²) in [5, 5.41) is 80.2. The molecule has 6 fully saturated rings. The van der Waals surface area contributed by atoms with Crippen LogP contribution in [0.25, 0.3) is 0 Å². The molecular formula is C44H72N4O13. The van der Waals surface area contributed by atoms with Crippen LogP contribution in [0.4, 0.5) is 0 Å². The van der Waals surface area contributed by atoms with Crippen LogP contribution in [-0.2, 0) is 35.1 Å². The Morgan fingerprint density at radius 3 is 2.39 bits per heavy atom. The minimum Gasteiger partial charge on any atom is -0.461 e. The van der Waals surface area contributed by atoms with Crippen molar-refractivity contribution in [1.29, 1.82) is 0 Å². The first-order chi connectivity index (χ1) is 29.1. The first kappa shape index (κ1) is 46.9. The lowest BCUT2D eigenvalue weighted by Crippen LogP contribution is -2.63. The Labute approximate surface area is 358 Å². The van der Waals surface area contributed by atoms with Crippen molar-refractivity contribution >= 4 is 5.97 Å². The van der Waals surface area contributed by atoms with Gasteiger partial charge in [-0.05, 0) is 111 Å². The fourth-order valence-electron chi connectivity index (χ4n) is 12.9. The highest BCUT2D eigenvalue weighted by Crippen LogP contribution is 2.68. The third-order valence-electron chi connectivity index (χ3n) is 16.2. The van der Waals surface area contributed by atoms with E-state index in [9.17, 15) is 40.5 Å². The highest BCUT2D eigenvalue weighted by atomic mass is 16.7. The van der Waals surface area contributed by atoms with Gasteiger partial charge in [0.25, 0.3) is 0 Å². The van der Waals surface area contributed by atoms with E-state index in [4.69, 9.17) is 29.4 Å². The van der Waals surface area contributed by atoms with E-state index in [-0.39, 0.29) is 30.8 Å². The molecule has 0 spiro atoms. The standard InChI is InChI=1S/C44H72N4O13/c1-5-6-25(45)9-7-23(2)29-11-12-30-28-10-8-24-17-27(13-15-43(24,3)31(28)14-16-44(29,30)4)58-34(51)22-57-21-26-18-48(47-46-26)41-38(55)37(54)40(33(20-50)59-41)61-42-39(56)36(53)35(52)32(19-49)60-42/h7,9,18,23-25,27-33,35-42,49-50,52-56H,5-6,8,10-17,19-22,45H2,1-4H3/b9-7+/t23-,24?,25-,27+,28?,29-,30+,31+,32-,33-,35+,36+,37-,38-,39-,40-,41-,42+,43+,44-/m1/s1. The summed E-state index contributed by atoms with van der Waals surface area (Å²) in [7, 11) is 0. The average molecular weight is 865 g/mol. The molecule has 2 saturated heterocycles. The van der Waals surface area contributed by atoms with E-state index < -0.39 is 80.5 Å². The van der Waals surface area contributed by atoms with Crippen molar-refractivity contribution in [1.82, 2.24) is 15.0 Å². The van der Waals surface area contributed by atoms with Crippen molar-refractivity contribution in [3.05, 3.63) is 24.0 Å². The second-order valence-corrected chi connectivity index (χ2v) is 19.7. The van der Waals surface area contributed by atoms with Crippen molar-refractivity contribution in [2.75, 3.05) is 19.8 Å². The summed E-state index contributed by atoms with van der Waals surface area (Å²) in [6, 6.07) is 0.151. The molecule has 0 radical (unpaired) electrons. The molecule has 4 saturated carbocycles. The first-order valence-electron chi connectivity index (χ1n) is 22.8. The van der Waals surface area contributed by atoms with Crippen LogP contribution in [0, 0.1) is 46.3 Å². The molecule has 3 heterocycles. The van der Waals surface area contributed by atoms with Gasteiger partial charge >= 0.3 is 5.97 Å². The molecule has 2 aliphatic heterocycles. The molecule has 4 aliphatic carbocycles. The Morgan fingerprint density at radius 1 is 0.918 bits per heavy atom. The van der Waals surface area contributed by atoms with Crippen LogP contribution in [0.3, 0.4) is 0 Å². The summed E-state index contributed by atoms with van der Waals surface area (Å²) in [4.78, 5) is 13.0. The number of rotatable bonds is 15. The summed E-state index contributed by atoms with van der Waals surface area (Å²) < 4.78 is 29.6. The maximum atomic E-state index is 13.0. The molecule has 1 aromatic rings. The predicted molar refractivity (Wildman–Crippen MR) is 218 cm³/mol. The Bertz CT molecular complexity index is 1630. The number of nitrogens with two attached hydrogens (primary N) is 1. The van der Waals surface area contributed by atoms with Crippen molar-refractivity contribution in [2.45, 2.75) is 178 Å². The van der Waals surface area contributed by atoms with E-state index in [0.29, 0.717) is 34.8 Å². The van der Waals surface area contributed by atoms with Gasteiger partial charge in [0.1, 0.15) is 67.2 Å². The van der Waals surface area contributed by atoms with Gasteiger partial charge in [-0.1, -0.05) is 51.5 Å². The van der Waals surface area contributed by atoms with E-state index in [2.05, 4.69) is 50.2 Å². The fourth-order valence-corrected chi connectivity index (χ4v) is 12.9. The number of aromatic nitrogens is 3. The SMILES string of the molecule is CCC[C@@H](N)/C=C/[C@@H](C)[C@H]1CC[C@H]2C3CCC4C[C@@H](OC(=O)COCc5cn([C@@H]6O[C@H](CO)[C@@H](O[C@@H]7O[C@H](CO)[C@H](O)[C@H](O)[C@H]7O)[C@H](O)[C@H]6O)nn5)CC[C@]4(C)[C@H]3CC[C@]12C. The monoisotopic (exact) mass is 865 g/mol. The molecule has 0 bridgehead atoms. The molecule has 17 heteroatoms. The molecule has 61 heavy (non-hydrogen) atoms. The van der Waals surface area contributed by atoms with Crippen molar-refractivity contribution in [3.8, 4) is 0 Å². The van der Waals surface area contributed by atoms with Gasteiger partial charge in [0.15, 0.2) is 12.5 Å². The number of fused-ring (bicyclic) bond motifs is 5. The maximum Gasteiger partial charge on any atom is 0.332 e. The quantitative estimate of drug-likeness (QED) is 0.0918. The molecule has 7 rings (SSSR count). The van der Waals surface area contributed by atoms with Crippen LogP contribution in [0.1, 0.15) is 110 Å². The zero-order chi connectivity index (χ0) is 43.8. The second-order valence-electron chi connectivity index (χ2n) is 19.7. The Balaban J connectivity index is 0.865. The number of aliphatic hydroxyl groups excluding tert-OH is 7. The molecule has 17 nitrogen and oxygen atoms in total. The molecular weight excluding hydrogens is 792 g/mol. The number of carbonyl (C=O) groups excluding carboxylic acids is 1. The van der Waals surface area contributed by atoms with Crippen LogP contribution < -0.4 is 5.73 Å². The Hall–Kier alpha value is -2.13. The molecule has 2 unspecified atom stereocenters. The van der Waals surface area contributed by atoms with Gasteiger partial charge in [-0.25, -0.2) is 9.48 Å². The number of ether oxygens (including phenoxy) is 5. The van der Waals surface area contributed by atoms with Gasteiger partial charge < -0.3 is 65.2 Å². The number of hydrogen-bond acceptors (Lipinski definition) is 16. The molecule has 346 valence electrons. The van der Waals surface area contributed by atoms with Crippen LogP contribution in [0.2, 0.25) is 0 Å². The number of hydrogen-bond donors (Lipinski definition) is 8. The topological polar surface area (TPSA) is 262 Å². The summed E-state index contributed by atoms with van der Waals surface area (Å²) in [5.41, 5.74) is 7.28. The summed E-state index contributed by atoms with van der Waals surface area (Å²) in [6.45, 7) is 7.96. The zero-order valence-electron chi connectivity index (χ0n) is 36.2. The number of carbonyl (C=O) groups is 1. The van der Waals surface area contributed by atoms with Gasteiger partial charge in [-0.15, -0.1) is 5.10 Å². The van der Waals surface area contributed by atoms with Crippen LogP contribution in [-0.4, -0.2) is 144 Å². The van der Waals surface area contributed by atoms with E-state index in [1.54, 1.807) is 0 Å². The fraction of sp³-hybridized carbons (Fsp3) is 0.886. The summed E-state index contributed by atoms with van der Waals surface area (Å²) in [5.74, 6) is 3.58. The lowest BCUT2D eigenvalue weighted by atomic mass is 9.44.